The number of carbonyl (C=O) groups is 1. The minimum absolute atomic E-state index is 0.350. The summed E-state index contributed by atoms with van der Waals surface area (Å²) in [4.78, 5) is 13.5. The van der Waals surface area contributed by atoms with Crippen LogP contribution in [0.2, 0.25) is 0 Å². The number of hydrogen-bond acceptors (Lipinski definition) is 5. The SMILES string of the molecule is COc1ccc(CN2CCOCC2C(N)=O)cc1CN. The number of primary amides is 1. The minimum atomic E-state index is -0.368. The molecule has 1 heterocycles. The molecule has 0 aromatic heterocycles. The van der Waals surface area contributed by atoms with Gasteiger partial charge in [-0.05, 0) is 17.7 Å². The zero-order chi connectivity index (χ0) is 14.5. The average Bonchev–Trinajstić information content (AvgIpc) is 2.47. The van der Waals surface area contributed by atoms with Crippen molar-refractivity contribution in [2.45, 2.75) is 19.1 Å². The second-order valence-electron chi connectivity index (χ2n) is 4.81. The molecular formula is C14H21N3O3. The Labute approximate surface area is 118 Å². The average molecular weight is 279 g/mol. The van der Waals surface area contributed by atoms with E-state index in [1.165, 1.54) is 0 Å². The van der Waals surface area contributed by atoms with E-state index in [1.54, 1.807) is 7.11 Å². The number of rotatable bonds is 5. The summed E-state index contributed by atoms with van der Waals surface area (Å²) in [7, 11) is 1.62. The van der Waals surface area contributed by atoms with Crippen LogP contribution in [-0.4, -0.2) is 43.7 Å². The van der Waals surface area contributed by atoms with Crippen molar-refractivity contribution in [2.75, 3.05) is 26.9 Å². The Morgan fingerprint density at radius 2 is 2.35 bits per heavy atom. The molecule has 6 heteroatoms. The third-order valence-electron chi connectivity index (χ3n) is 3.52. The molecule has 2 rings (SSSR count). The predicted octanol–water partition coefficient (Wildman–Crippen LogP) is -0.160. The molecule has 20 heavy (non-hydrogen) atoms. The summed E-state index contributed by atoms with van der Waals surface area (Å²) in [6.07, 6.45) is 0. The molecule has 110 valence electrons. The van der Waals surface area contributed by atoms with Crippen LogP contribution in [-0.2, 0) is 22.6 Å². The number of methoxy groups -OCH3 is 1. The number of ether oxygens (including phenoxy) is 2. The van der Waals surface area contributed by atoms with Crippen LogP contribution in [0.1, 0.15) is 11.1 Å². The van der Waals surface area contributed by atoms with Gasteiger partial charge in [-0.2, -0.15) is 0 Å². The van der Waals surface area contributed by atoms with Crippen molar-refractivity contribution in [1.29, 1.82) is 0 Å². The third-order valence-corrected chi connectivity index (χ3v) is 3.52. The Hall–Kier alpha value is -1.63. The highest BCUT2D eigenvalue weighted by Crippen LogP contribution is 2.21. The summed E-state index contributed by atoms with van der Waals surface area (Å²) in [6, 6.07) is 5.52. The van der Waals surface area contributed by atoms with Crippen LogP contribution in [0.4, 0.5) is 0 Å². The first-order valence-corrected chi connectivity index (χ1v) is 6.62. The Morgan fingerprint density at radius 1 is 1.55 bits per heavy atom. The van der Waals surface area contributed by atoms with E-state index in [0.717, 1.165) is 16.9 Å². The van der Waals surface area contributed by atoms with E-state index in [2.05, 4.69) is 0 Å². The molecule has 1 aliphatic heterocycles. The molecule has 4 N–H and O–H groups in total. The first-order valence-electron chi connectivity index (χ1n) is 6.62. The summed E-state index contributed by atoms with van der Waals surface area (Å²) < 4.78 is 10.6. The van der Waals surface area contributed by atoms with E-state index in [-0.39, 0.29) is 11.9 Å². The topological polar surface area (TPSA) is 90.8 Å². The van der Waals surface area contributed by atoms with Gasteiger partial charge < -0.3 is 20.9 Å². The zero-order valence-corrected chi connectivity index (χ0v) is 11.7. The van der Waals surface area contributed by atoms with Crippen molar-refractivity contribution in [3.63, 3.8) is 0 Å². The van der Waals surface area contributed by atoms with E-state index >= 15 is 0 Å². The monoisotopic (exact) mass is 279 g/mol. The Morgan fingerprint density at radius 3 is 3.00 bits per heavy atom. The molecule has 6 nitrogen and oxygen atoms in total. The van der Waals surface area contributed by atoms with Crippen LogP contribution in [0.3, 0.4) is 0 Å². The molecule has 1 amide bonds. The molecular weight excluding hydrogens is 258 g/mol. The molecule has 1 atom stereocenters. The maximum atomic E-state index is 11.4. The van der Waals surface area contributed by atoms with Crippen molar-refractivity contribution < 1.29 is 14.3 Å². The molecule has 1 saturated heterocycles. The molecule has 0 spiro atoms. The van der Waals surface area contributed by atoms with Gasteiger partial charge in [0.2, 0.25) is 5.91 Å². The lowest BCUT2D eigenvalue weighted by molar-refractivity contribution is -0.129. The van der Waals surface area contributed by atoms with Crippen molar-refractivity contribution in [3.05, 3.63) is 29.3 Å². The van der Waals surface area contributed by atoms with Gasteiger partial charge in [-0.15, -0.1) is 0 Å². The summed E-state index contributed by atoms with van der Waals surface area (Å²) in [5, 5.41) is 0. The van der Waals surface area contributed by atoms with E-state index in [1.807, 2.05) is 23.1 Å². The second-order valence-corrected chi connectivity index (χ2v) is 4.81. The number of benzene rings is 1. The van der Waals surface area contributed by atoms with Gasteiger partial charge in [0, 0.05) is 25.2 Å². The predicted molar refractivity (Wildman–Crippen MR) is 75.1 cm³/mol. The van der Waals surface area contributed by atoms with Gasteiger partial charge in [0.05, 0.1) is 20.3 Å². The number of nitrogens with two attached hydrogens (primary N) is 2. The van der Waals surface area contributed by atoms with Crippen molar-refractivity contribution in [3.8, 4) is 5.75 Å². The highest BCUT2D eigenvalue weighted by molar-refractivity contribution is 5.80. The van der Waals surface area contributed by atoms with Gasteiger partial charge in [-0.25, -0.2) is 0 Å². The van der Waals surface area contributed by atoms with Crippen molar-refractivity contribution in [2.24, 2.45) is 11.5 Å². The Kier molecular flexibility index (Phi) is 4.94. The summed E-state index contributed by atoms with van der Waals surface area (Å²) in [5.41, 5.74) is 13.2. The van der Waals surface area contributed by atoms with E-state index in [4.69, 9.17) is 20.9 Å². The summed E-state index contributed by atoms with van der Waals surface area (Å²) in [6.45, 7) is 2.73. The summed E-state index contributed by atoms with van der Waals surface area (Å²) >= 11 is 0. The van der Waals surface area contributed by atoms with Gasteiger partial charge in [-0.1, -0.05) is 6.07 Å². The molecule has 0 saturated carbocycles. The van der Waals surface area contributed by atoms with Gasteiger partial charge >= 0.3 is 0 Å². The quantitative estimate of drug-likeness (QED) is 0.781. The van der Waals surface area contributed by atoms with Gasteiger partial charge in [0.15, 0.2) is 0 Å². The highest BCUT2D eigenvalue weighted by atomic mass is 16.5. The highest BCUT2D eigenvalue weighted by Gasteiger charge is 2.27. The normalized spacial score (nSPS) is 19.8. The first-order chi connectivity index (χ1) is 9.65. The maximum Gasteiger partial charge on any atom is 0.237 e. The van der Waals surface area contributed by atoms with Gasteiger partial charge in [0.25, 0.3) is 0 Å². The van der Waals surface area contributed by atoms with E-state index in [9.17, 15) is 4.79 Å². The van der Waals surface area contributed by atoms with Crippen LogP contribution >= 0.6 is 0 Å². The molecule has 1 aromatic rings. The number of nitrogens with zero attached hydrogens (tertiary/aromatic N) is 1. The van der Waals surface area contributed by atoms with Crippen molar-refractivity contribution >= 4 is 5.91 Å². The Balaban J connectivity index is 2.13. The molecule has 0 aliphatic carbocycles. The number of amides is 1. The fourth-order valence-electron chi connectivity index (χ4n) is 2.41. The fraction of sp³-hybridized carbons (Fsp3) is 0.500. The molecule has 1 fully saturated rings. The minimum Gasteiger partial charge on any atom is -0.496 e. The van der Waals surface area contributed by atoms with Crippen LogP contribution < -0.4 is 16.2 Å². The van der Waals surface area contributed by atoms with Crippen LogP contribution in [0.15, 0.2) is 18.2 Å². The summed E-state index contributed by atoms with van der Waals surface area (Å²) in [5.74, 6) is 0.432. The lowest BCUT2D eigenvalue weighted by Crippen LogP contribution is -2.51. The lowest BCUT2D eigenvalue weighted by atomic mass is 10.1. The van der Waals surface area contributed by atoms with Gasteiger partial charge in [0.1, 0.15) is 11.8 Å². The van der Waals surface area contributed by atoms with E-state index < -0.39 is 0 Å². The standard InChI is InChI=1S/C14H21N3O3/c1-19-13-3-2-10(6-11(13)7-15)8-17-4-5-20-9-12(17)14(16)18/h2-3,6,12H,4-5,7-9,15H2,1H3,(H2,16,18). The Bertz CT molecular complexity index is 479. The largest absolute Gasteiger partial charge is 0.496 e. The molecule has 1 aromatic carbocycles. The number of morpholine rings is 1. The number of carbonyl (C=O) groups excluding carboxylic acids is 1. The first kappa shape index (κ1) is 14.8. The van der Waals surface area contributed by atoms with Crippen LogP contribution in [0, 0.1) is 0 Å². The van der Waals surface area contributed by atoms with E-state index in [0.29, 0.717) is 32.8 Å². The third kappa shape index (κ3) is 3.27. The molecule has 0 bridgehead atoms. The van der Waals surface area contributed by atoms with Gasteiger partial charge in [-0.3, -0.25) is 9.69 Å². The molecule has 1 unspecified atom stereocenters. The molecule has 1 aliphatic rings. The fourth-order valence-corrected chi connectivity index (χ4v) is 2.41. The van der Waals surface area contributed by atoms with Crippen LogP contribution in [0.5, 0.6) is 5.75 Å². The smallest absolute Gasteiger partial charge is 0.237 e. The molecule has 0 radical (unpaired) electrons. The maximum absolute atomic E-state index is 11.4. The zero-order valence-electron chi connectivity index (χ0n) is 11.7. The number of hydrogen-bond donors (Lipinski definition) is 2. The van der Waals surface area contributed by atoms with Crippen LogP contribution in [0.25, 0.3) is 0 Å². The second kappa shape index (κ2) is 6.69. The lowest BCUT2D eigenvalue weighted by Gasteiger charge is -2.33. The van der Waals surface area contributed by atoms with Crippen molar-refractivity contribution in [1.82, 2.24) is 4.90 Å².